The van der Waals surface area contributed by atoms with Gasteiger partial charge in [0.25, 0.3) is 0 Å². The molecule has 0 atom stereocenters. The van der Waals surface area contributed by atoms with E-state index >= 15 is 0 Å². The van der Waals surface area contributed by atoms with Crippen LogP contribution in [-0.4, -0.2) is 19.2 Å². The Kier molecular flexibility index (Phi) is 4.01. The van der Waals surface area contributed by atoms with Crippen LogP contribution in [0.1, 0.15) is 5.56 Å². The average molecular weight is 275 g/mol. The monoisotopic (exact) mass is 273 g/mol. The predicted molar refractivity (Wildman–Crippen MR) is 57.6 cm³/mol. The van der Waals surface area contributed by atoms with Crippen molar-refractivity contribution in [3.8, 4) is 0 Å². The van der Waals surface area contributed by atoms with Crippen LogP contribution in [0.4, 0.5) is 0 Å². The fraction of sp³-hybridized carbons (Fsp3) is 0.286. The SMILES string of the molecule is O=S(=O)(Cl)CCc1cnc(Cl)cc1Cl. The molecule has 1 rings (SSSR count). The van der Waals surface area contributed by atoms with Crippen molar-refractivity contribution in [2.45, 2.75) is 6.42 Å². The Morgan fingerprint density at radius 1 is 1.36 bits per heavy atom. The summed E-state index contributed by atoms with van der Waals surface area (Å²) in [6.45, 7) is 0. The quantitative estimate of drug-likeness (QED) is 0.628. The third-order valence-electron chi connectivity index (χ3n) is 1.51. The van der Waals surface area contributed by atoms with Gasteiger partial charge in [-0.05, 0) is 18.1 Å². The van der Waals surface area contributed by atoms with Crippen molar-refractivity contribution in [3.63, 3.8) is 0 Å². The molecule has 7 heteroatoms. The van der Waals surface area contributed by atoms with Gasteiger partial charge in [0.1, 0.15) is 5.15 Å². The molecule has 0 aliphatic heterocycles. The topological polar surface area (TPSA) is 47.0 Å². The molecule has 0 amide bonds. The van der Waals surface area contributed by atoms with Crippen molar-refractivity contribution in [2.75, 3.05) is 5.75 Å². The van der Waals surface area contributed by atoms with Gasteiger partial charge in [-0.2, -0.15) is 0 Å². The second kappa shape index (κ2) is 4.66. The Balaban J connectivity index is 2.78. The van der Waals surface area contributed by atoms with Crippen molar-refractivity contribution in [2.24, 2.45) is 0 Å². The van der Waals surface area contributed by atoms with Gasteiger partial charge in [0.05, 0.1) is 5.75 Å². The number of rotatable bonds is 3. The molecule has 1 heterocycles. The summed E-state index contributed by atoms with van der Waals surface area (Å²) in [5.41, 5.74) is 0.611. The summed E-state index contributed by atoms with van der Waals surface area (Å²) in [5, 5.41) is 0.665. The summed E-state index contributed by atoms with van der Waals surface area (Å²) in [5.74, 6) is -0.169. The Morgan fingerprint density at radius 2 is 2.00 bits per heavy atom. The van der Waals surface area contributed by atoms with E-state index in [2.05, 4.69) is 4.98 Å². The molecular formula is C7H6Cl3NO2S. The largest absolute Gasteiger partial charge is 0.244 e. The molecule has 14 heavy (non-hydrogen) atoms. The number of pyridine rings is 1. The zero-order valence-electron chi connectivity index (χ0n) is 6.87. The molecule has 1 aromatic heterocycles. The molecule has 78 valence electrons. The smallest absolute Gasteiger partial charge is 0.232 e. The minimum absolute atomic E-state index is 0.169. The third-order valence-corrected chi connectivity index (χ3v) is 3.22. The predicted octanol–water partition coefficient (Wildman–Crippen LogP) is 2.50. The van der Waals surface area contributed by atoms with Gasteiger partial charge in [0.2, 0.25) is 9.05 Å². The minimum atomic E-state index is -3.50. The van der Waals surface area contributed by atoms with Gasteiger partial charge < -0.3 is 0 Å². The van der Waals surface area contributed by atoms with Crippen LogP contribution in [-0.2, 0) is 15.5 Å². The van der Waals surface area contributed by atoms with Crippen LogP contribution < -0.4 is 0 Å². The number of aromatic nitrogens is 1. The Hall–Kier alpha value is -0.0300. The molecule has 3 nitrogen and oxygen atoms in total. The molecule has 0 aromatic carbocycles. The molecule has 0 bridgehead atoms. The molecule has 1 aromatic rings. The van der Waals surface area contributed by atoms with Crippen molar-refractivity contribution >= 4 is 42.9 Å². The van der Waals surface area contributed by atoms with Gasteiger partial charge in [-0.3, -0.25) is 0 Å². The van der Waals surface area contributed by atoms with E-state index < -0.39 is 9.05 Å². The second-order valence-electron chi connectivity index (χ2n) is 2.59. The lowest BCUT2D eigenvalue weighted by Crippen LogP contribution is -2.01. The van der Waals surface area contributed by atoms with Gasteiger partial charge in [-0.25, -0.2) is 13.4 Å². The van der Waals surface area contributed by atoms with Gasteiger partial charge in [0.15, 0.2) is 0 Å². The maximum atomic E-state index is 10.7. The number of hydrogen-bond donors (Lipinski definition) is 0. The summed E-state index contributed by atoms with van der Waals surface area (Å²) in [6.07, 6.45) is 1.67. The van der Waals surface area contributed by atoms with E-state index in [1.165, 1.54) is 12.3 Å². The van der Waals surface area contributed by atoms with Gasteiger partial charge in [-0.15, -0.1) is 0 Å². The average Bonchev–Trinajstić information content (AvgIpc) is 2.00. The van der Waals surface area contributed by atoms with E-state index in [4.69, 9.17) is 33.9 Å². The summed E-state index contributed by atoms with van der Waals surface area (Å²) >= 11 is 11.4. The van der Waals surface area contributed by atoms with Crippen molar-refractivity contribution in [1.29, 1.82) is 0 Å². The maximum Gasteiger partial charge on any atom is 0.232 e. The van der Waals surface area contributed by atoms with E-state index in [1.807, 2.05) is 0 Å². The fourth-order valence-corrected chi connectivity index (χ4v) is 2.01. The van der Waals surface area contributed by atoms with E-state index in [9.17, 15) is 8.42 Å². The molecule has 0 N–H and O–H groups in total. The van der Waals surface area contributed by atoms with Gasteiger partial charge >= 0.3 is 0 Å². The highest BCUT2D eigenvalue weighted by Crippen LogP contribution is 2.19. The number of halogens is 3. The molecule has 0 saturated carbocycles. The normalized spacial score (nSPS) is 11.6. The summed E-state index contributed by atoms with van der Waals surface area (Å²) in [4.78, 5) is 3.78. The Morgan fingerprint density at radius 3 is 2.50 bits per heavy atom. The molecule has 0 radical (unpaired) electrons. The lowest BCUT2D eigenvalue weighted by atomic mass is 10.2. The molecule has 0 fully saturated rings. The molecule has 0 aliphatic carbocycles. The van der Waals surface area contributed by atoms with Crippen LogP contribution in [0, 0.1) is 0 Å². The Bertz CT molecular complexity index is 433. The van der Waals surface area contributed by atoms with E-state index in [0.29, 0.717) is 10.6 Å². The van der Waals surface area contributed by atoms with Gasteiger partial charge in [0, 0.05) is 21.9 Å². The number of aryl methyl sites for hydroxylation is 1. The van der Waals surface area contributed by atoms with Crippen molar-refractivity contribution in [1.82, 2.24) is 4.98 Å². The zero-order valence-corrected chi connectivity index (χ0v) is 9.96. The summed E-state index contributed by atoms with van der Waals surface area (Å²) < 4.78 is 21.3. The summed E-state index contributed by atoms with van der Waals surface area (Å²) in [6, 6.07) is 1.46. The van der Waals surface area contributed by atoms with Crippen LogP contribution in [0.25, 0.3) is 0 Å². The van der Waals surface area contributed by atoms with Crippen LogP contribution in [0.5, 0.6) is 0 Å². The molecule has 0 saturated heterocycles. The number of hydrogen-bond acceptors (Lipinski definition) is 3. The first-order chi connectivity index (χ1) is 6.38. The van der Waals surface area contributed by atoms with E-state index in [0.717, 1.165) is 0 Å². The highest BCUT2D eigenvalue weighted by Gasteiger charge is 2.08. The first kappa shape index (κ1) is 12.0. The molecule has 0 spiro atoms. The molecule has 0 aliphatic rings. The first-order valence-corrected chi connectivity index (χ1v) is 6.84. The fourth-order valence-electron chi connectivity index (χ4n) is 0.852. The highest BCUT2D eigenvalue weighted by atomic mass is 35.7. The maximum absolute atomic E-state index is 10.7. The van der Waals surface area contributed by atoms with Crippen LogP contribution in [0.2, 0.25) is 10.2 Å². The third kappa shape index (κ3) is 4.00. The standard InChI is InChI=1S/C7H6Cl3NO2S/c8-6-3-7(9)11-4-5(6)1-2-14(10,12)13/h3-4H,1-2H2. The minimum Gasteiger partial charge on any atom is -0.244 e. The second-order valence-corrected chi connectivity index (χ2v) is 6.28. The van der Waals surface area contributed by atoms with E-state index in [1.54, 1.807) is 0 Å². The summed E-state index contributed by atoms with van der Waals surface area (Å²) in [7, 11) is 1.55. The van der Waals surface area contributed by atoms with Crippen LogP contribution in [0.3, 0.4) is 0 Å². The number of nitrogens with zero attached hydrogens (tertiary/aromatic N) is 1. The van der Waals surface area contributed by atoms with Crippen LogP contribution in [0.15, 0.2) is 12.3 Å². The zero-order chi connectivity index (χ0) is 10.8. The lowest BCUT2D eigenvalue weighted by Gasteiger charge is -2.01. The van der Waals surface area contributed by atoms with Crippen molar-refractivity contribution in [3.05, 3.63) is 28.0 Å². The Labute approximate surface area is 96.4 Å². The molecule has 0 unspecified atom stereocenters. The first-order valence-electron chi connectivity index (χ1n) is 3.61. The molecular weight excluding hydrogens is 269 g/mol. The van der Waals surface area contributed by atoms with Crippen LogP contribution >= 0.6 is 33.9 Å². The van der Waals surface area contributed by atoms with Gasteiger partial charge in [-0.1, -0.05) is 23.2 Å². The lowest BCUT2D eigenvalue weighted by molar-refractivity contribution is 0.609. The van der Waals surface area contributed by atoms with E-state index in [-0.39, 0.29) is 17.3 Å². The highest BCUT2D eigenvalue weighted by molar-refractivity contribution is 8.13. The van der Waals surface area contributed by atoms with Crippen molar-refractivity contribution < 1.29 is 8.42 Å².